The Hall–Kier alpha value is -2.04. The first-order valence-corrected chi connectivity index (χ1v) is 7.40. The fraction of sp³-hybridized carbons (Fsp3) is 0.500. The number of hydrogen-bond donors (Lipinski definition) is 1. The SMILES string of the molecule is CCOc1ccc(NC(=O)CCN(C(C)=O)C2CC2)cc1. The smallest absolute Gasteiger partial charge is 0.226 e. The summed E-state index contributed by atoms with van der Waals surface area (Å²) in [6, 6.07) is 7.62. The van der Waals surface area contributed by atoms with E-state index in [2.05, 4.69) is 5.32 Å². The van der Waals surface area contributed by atoms with E-state index in [1.807, 2.05) is 31.2 Å². The van der Waals surface area contributed by atoms with Gasteiger partial charge in [0.1, 0.15) is 5.75 Å². The number of amides is 2. The molecule has 0 spiro atoms. The zero-order valence-corrected chi connectivity index (χ0v) is 12.6. The van der Waals surface area contributed by atoms with Crippen LogP contribution in [0.2, 0.25) is 0 Å². The summed E-state index contributed by atoms with van der Waals surface area (Å²) < 4.78 is 5.35. The zero-order valence-electron chi connectivity index (χ0n) is 12.6. The Bertz CT molecular complexity index is 495. The lowest BCUT2D eigenvalue weighted by atomic mass is 10.2. The lowest BCUT2D eigenvalue weighted by molar-refractivity contribution is -0.129. The van der Waals surface area contributed by atoms with Crippen LogP contribution in [0.25, 0.3) is 0 Å². The molecule has 1 fully saturated rings. The lowest BCUT2D eigenvalue weighted by Crippen LogP contribution is -2.33. The van der Waals surface area contributed by atoms with Gasteiger partial charge in [-0.25, -0.2) is 0 Å². The second kappa shape index (κ2) is 7.11. The molecule has 2 rings (SSSR count). The summed E-state index contributed by atoms with van der Waals surface area (Å²) in [5.74, 6) is 0.754. The van der Waals surface area contributed by atoms with Crippen LogP contribution in [-0.4, -0.2) is 35.9 Å². The number of carbonyl (C=O) groups excluding carboxylic acids is 2. The summed E-state index contributed by atoms with van der Waals surface area (Å²) in [4.78, 5) is 25.2. The van der Waals surface area contributed by atoms with Crippen LogP contribution in [0.4, 0.5) is 5.69 Å². The van der Waals surface area contributed by atoms with Crippen molar-refractivity contribution < 1.29 is 14.3 Å². The van der Waals surface area contributed by atoms with Crippen LogP contribution in [0.1, 0.15) is 33.1 Å². The summed E-state index contributed by atoms with van der Waals surface area (Å²) in [7, 11) is 0. The van der Waals surface area contributed by atoms with Crippen LogP contribution in [0.5, 0.6) is 5.75 Å². The molecule has 2 amide bonds. The Morgan fingerprint density at radius 2 is 1.95 bits per heavy atom. The molecule has 1 aliphatic rings. The molecule has 1 aliphatic carbocycles. The molecular weight excluding hydrogens is 268 g/mol. The van der Waals surface area contributed by atoms with Crippen molar-refractivity contribution >= 4 is 17.5 Å². The largest absolute Gasteiger partial charge is 0.494 e. The molecule has 1 aromatic carbocycles. The van der Waals surface area contributed by atoms with Gasteiger partial charge in [0.25, 0.3) is 0 Å². The molecule has 0 bridgehead atoms. The number of anilines is 1. The summed E-state index contributed by atoms with van der Waals surface area (Å²) in [5.41, 5.74) is 0.740. The van der Waals surface area contributed by atoms with E-state index in [0.717, 1.165) is 24.3 Å². The molecule has 0 unspecified atom stereocenters. The van der Waals surface area contributed by atoms with E-state index in [1.54, 1.807) is 11.8 Å². The predicted molar refractivity (Wildman–Crippen MR) is 81.3 cm³/mol. The van der Waals surface area contributed by atoms with Gasteiger partial charge in [0.05, 0.1) is 6.61 Å². The fourth-order valence-electron chi connectivity index (χ4n) is 2.23. The Morgan fingerprint density at radius 1 is 1.29 bits per heavy atom. The third-order valence-corrected chi connectivity index (χ3v) is 3.42. The van der Waals surface area contributed by atoms with Gasteiger partial charge in [-0.2, -0.15) is 0 Å². The van der Waals surface area contributed by atoms with Gasteiger partial charge in [0, 0.05) is 31.6 Å². The first kappa shape index (κ1) is 15.4. The molecule has 0 radical (unpaired) electrons. The maximum Gasteiger partial charge on any atom is 0.226 e. The maximum absolute atomic E-state index is 11.9. The van der Waals surface area contributed by atoms with Crippen LogP contribution in [0.3, 0.4) is 0 Å². The van der Waals surface area contributed by atoms with Crippen LogP contribution in [0.15, 0.2) is 24.3 Å². The fourth-order valence-corrected chi connectivity index (χ4v) is 2.23. The third-order valence-electron chi connectivity index (χ3n) is 3.42. The van der Waals surface area contributed by atoms with Gasteiger partial charge >= 0.3 is 0 Å². The molecule has 0 aliphatic heterocycles. The highest BCUT2D eigenvalue weighted by molar-refractivity contribution is 5.91. The van der Waals surface area contributed by atoms with E-state index in [9.17, 15) is 9.59 Å². The standard InChI is InChI=1S/C16H22N2O3/c1-3-21-15-8-4-13(5-9-15)17-16(20)10-11-18(12(2)19)14-6-7-14/h4-5,8-9,14H,3,6-7,10-11H2,1-2H3,(H,17,20). The summed E-state index contributed by atoms with van der Waals surface area (Å²) in [6.07, 6.45) is 2.43. The molecule has 1 aromatic rings. The number of carbonyl (C=O) groups is 2. The molecule has 0 saturated heterocycles. The number of rotatable bonds is 7. The minimum Gasteiger partial charge on any atom is -0.494 e. The van der Waals surface area contributed by atoms with Crippen molar-refractivity contribution in [1.29, 1.82) is 0 Å². The minimum atomic E-state index is -0.0777. The van der Waals surface area contributed by atoms with E-state index >= 15 is 0 Å². The Morgan fingerprint density at radius 3 is 2.48 bits per heavy atom. The second-order valence-electron chi connectivity index (χ2n) is 5.20. The number of benzene rings is 1. The molecule has 0 aromatic heterocycles. The molecule has 1 saturated carbocycles. The van der Waals surface area contributed by atoms with Gasteiger partial charge in [-0.1, -0.05) is 0 Å². The quantitative estimate of drug-likeness (QED) is 0.839. The van der Waals surface area contributed by atoms with Crippen LogP contribution >= 0.6 is 0 Å². The van der Waals surface area contributed by atoms with Crippen molar-refractivity contribution in [3.63, 3.8) is 0 Å². The first-order chi connectivity index (χ1) is 10.1. The maximum atomic E-state index is 11.9. The van der Waals surface area contributed by atoms with Crippen LogP contribution in [-0.2, 0) is 9.59 Å². The average molecular weight is 290 g/mol. The zero-order chi connectivity index (χ0) is 15.2. The van der Waals surface area contributed by atoms with E-state index < -0.39 is 0 Å². The molecule has 0 heterocycles. The summed E-state index contributed by atoms with van der Waals surface area (Å²) >= 11 is 0. The van der Waals surface area contributed by atoms with Crippen molar-refractivity contribution in [2.24, 2.45) is 0 Å². The highest BCUT2D eigenvalue weighted by Crippen LogP contribution is 2.27. The van der Waals surface area contributed by atoms with E-state index in [4.69, 9.17) is 4.74 Å². The van der Waals surface area contributed by atoms with Gasteiger partial charge in [0.2, 0.25) is 11.8 Å². The minimum absolute atomic E-state index is 0.0476. The van der Waals surface area contributed by atoms with Gasteiger partial charge in [-0.05, 0) is 44.0 Å². The van der Waals surface area contributed by atoms with E-state index in [0.29, 0.717) is 25.6 Å². The highest BCUT2D eigenvalue weighted by Gasteiger charge is 2.30. The van der Waals surface area contributed by atoms with E-state index in [-0.39, 0.29) is 11.8 Å². The molecular formula is C16H22N2O3. The molecule has 21 heavy (non-hydrogen) atoms. The Kier molecular flexibility index (Phi) is 5.20. The molecule has 0 atom stereocenters. The van der Waals surface area contributed by atoms with Crippen molar-refractivity contribution in [2.75, 3.05) is 18.5 Å². The molecule has 114 valence electrons. The summed E-state index contributed by atoms with van der Waals surface area (Å²) in [6.45, 7) is 4.59. The molecule has 1 N–H and O–H groups in total. The first-order valence-electron chi connectivity index (χ1n) is 7.40. The van der Waals surface area contributed by atoms with Crippen molar-refractivity contribution in [3.8, 4) is 5.75 Å². The van der Waals surface area contributed by atoms with Gasteiger partial charge in [-0.3, -0.25) is 9.59 Å². The second-order valence-corrected chi connectivity index (χ2v) is 5.20. The topological polar surface area (TPSA) is 58.6 Å². The average Bonchev–Trinajstić information content (AvgIpc) is 3.26. The number of nitrogens with one attached hydrogen (secondary N) is 1. The monoisotopic (exact) mass is 290 g/mol. The van der Waals surface area contributed by atoms with Gasteiger partial charge in [0.15, 0.2) is 0 Å². The third kappa shape index (κ3) is 4.77. The van der Waals surface area contributed by atoms with Crippen molar-refractivity contribution in [3.05, 3.63) is 24.3 Å². The highest BCUT2D eigenvalue weighted by atomic mass is 16.5. The Labute approximate surface area is 125 Å². The lowest BCUT2D eigenvalue weighted by Gasteiger charge is -2.20. The number of ether oxygens (including phenoxy) is 1. The van der Waals surface area contributed by atoms with Gasteiger partial charge in [-0.15, -0.1) is 0 Å². The van der Waals surface area contributed by atoms with E-state index in [1.165, 1.54) is 0 Å². The normalized spacial score (nSPS) is 13.6. The van der Waals surface area contributed by atoms with Crippen molar-refractivity contribution in [2.45, 2.75) is 39.2 Å². The van der Waals surface area contributed by atoms with Crippen LogP contribution < -0.4 is 10.1 Å². The molecule has 5 nitrogen and oxygen atoms in total. The summed E-state index contributed by atoms with van der Waals surface area (Å²) in [5, 5.41) is 2.83. The molecule has 5 heteroatoms. The predicted octanol–water partition coefficient (Wildman–Crippen LogP) is 2.42. The van der Waals surface area contributed by atoms with Crippen molar-refractivity contribution in [1.82, 2.24) is 4.90 Å². The Balaban J connectivity index is 1.79. The number of hydrogen-bond acceptors (Lipinski definition) is 3. The van der Waals surface area contributed by atoms with Crippen LogP contribution in [0, 0.1) is 0 Å². The van der Waals surface area contributed by atoms with Gasteiger partial charge < -0.3 is 15.0 Å². The number of nitrogens with zero attached hydrogens (tertiary/aromatic N) is 1.